The SMILES string of the molecule is O=C([O-])C(F)(F)F.O=C([O-])C(F)(F)F.[NH3+]CCc1ccc(OCCC[NH+]2CCOCC2)cc1. The Bertz CT molecular complexity index is 667. The van der Waals surface area contributed by atoms with Gasteiger partial charge in [-0.25, -0.2) is 0 Å². The van der Waals surface area contributed by atoms with Gasteiger partial charge in [-0.2, -0.15) is 26.3 Å². The minimum atomic E-state index is -5.19. The van der Waals surface area contributed by atoms with Gasteiger partial charge in [0.05, 0.1) is 32.9 Å². The Kier molecular flexibility index (Phi) is 14.1. The van der Waals surface area contributed by atoms with Crippen molar-refractivity contribution in [2.45, 2.75) is 25.2 Å². The molecule has 190 valence electrons. The van der Waals surface area contributed by atoms with Gasteiger partial charge >= 0.3 is 12.4 Å². The first-order valence-electron chi connectivity index (χ1n) is 9.76. The highest BCUT2D eigenvalue weighted by molar-refractivity contribution is 5.71. The first-order valence-corrected chi connectivity index (χ1v) is 9.76. The van der Waals surface area contributed by atoms with Crippen LogP contribution in [0.25, 0.3) is 0 Å². The molecular formula is C19H26F6N2O6. The first kappa shape index (κ1) is 30.4. The van der Waals surface area contributed by atoms with Crippen LogP contribution in [0.3, 0.4) is 0 Å². The third kappa shape index (κ3) is 15.8. The third-order valence-electron chi connectivity index (χ3n) is 4.00. The van der Waals surface area contributed by atoms with E-state index in [2.05, 4.69) is 30.0 Å². The van der Waals surface area contributed by atoms with Crippen molar-refractivity contribution in [2.75, 3.05) is 46.0 Å². The average Bonchev–Trinajstić information content (AvgIpc) is 2.73. The predicted octanol–water partition coefficient (Wildman–Crippen LogP) is -2.25. The van der Waals surface area contributed by atoms with Gasteiger partial charge in [0, 0.05) is 12.8 Å². The summed E-state index contributed by atoms with van der Waals surface area (Å²) in [6.45, 7) is 7.03. The van der Waals surface area contributed by atoms with Crippen molar-refractivity contribution in [2.24, 2.45) is 0 Å². The fourth-order valence-electron chi connectivity index (χ4n) is 2.38. The Balaban J connectivity index is 0.000000605. The maximum atomic E-state index is 10.5. The van der Waals surface area contributed by atoms with Gasteiger partial charge in [0.2, 0.25) is 0 Å². The van der Waals surface area contributed by atoms with E-state index < -0.39 is 24.3 Å². The molecule has 0 spiro atoms. The van der Waals surface area contributed by atoms with Crippen molar-refractivity contribution in [3.05, 3.63) is 29.8 Å². The third-order valence-corrected chi connectivity index (χ3v) is 4.00. The van der Waals surface area contributed by atoms with Crippen molar-refractivity contribution in [1.82, 2.24) is 0 Å². The molecular weight excluding hydrogens is 466 g/mol. The molecule has 0 unspecified atom stereocenters. The number of carboxylic acid groups (broad SMARTS) is 2. The van der Waals surface area contributed by atoms with E-state index >= 15 is 0 Å². The van der Waals surface area contributed by atoms with Crippen LogP contribution >= 0.6 is 0 Å². The lowest BCUT2D eigenvalue weighted by Crippen LogP contribution is -3.14. The Morgan fingerprint density at radius 3 is 1.82 bits per heavy atom. The molecule has 1 aromatic rings. The van der Waals surface area contributed by atoms with E-state index in [0.717, 1.165) is 58.0 Å². The monoisotopic (exact) mass is 492 g/mol. The normalized spacial score (nSPS) is 14.3. The van der Waals surface area contributed by atoms with Gasteiger partial charge in [-0.05, 0) is 17.7 Å². The second-order valence-corrected chi connectivity index (χ2v) is 6.63. The van der Waals surface area contributed by atoms with Crippen LogP contribution in [-0.2, 0) is 20.7 Å². The van der Waals surface area contributed by atoms with Gasteiger partial charge in [-0.3, -0.25) is 0 Å². The smallest absolute Gasteiger partial charge is 0.430 e. The number of carboxylic acids is 2. The predicted molar refractivity (Wildman–Crippen MR) is 96.5 cm³/mol. The van der Waals surface area contributed by atoms with Gasteiger partial charge in [0.1, 0.15) is 30.8 Å². The Morgan fingerprint density at radius 2 is 1.42 bits per heavy atom. The summed E-state index contributed by atoms with van der Waals surface area (Å²) in [5.41, 5.74) is 5.20. The van der Waals surface area contributed by atoms with Crippen molar-refractivity contribution >= 4 is 11.9 Å². The number of hydrogen-bond donors (Lipinski definition) is 2. The number of halogens is 6. The van der Waals surface area contributed by atoms with Gasteiger partial charge in [-0.1, -0.05) is 12.1 Å². The largest absolute Gasteiger partial charge is 0.542 e. The Hall–Kier alpha value is -2.58. The molecule has 1 aromatic carbocycles. The number of benzene rings is 1. The molecule has 1 aliphatic rings. The molecule has 0 aliphatic carbocycles. The molecule has 2 rings (SSSR count). The molecule has 0 aromatic heterocycles. The molecule has 1 saturated heterocycles. The molecule has 1 heterocycles. The summed E-state index contributed by atoms with van der Waals surface area (Å²) in [7, 11) is 0. The zero-order valence-electron chi connectivity index (χ0n) is 17.6. The van der Waals surface area contributed by atoms with Crippen LogP contribution in [0.5, 0.6) is 5.75 Å². The zero-order valence-corrected chi connectivity index (χ0v) is 17.6. The highest BCUT2D eigenvalue weighted by atomic mass is 19.4. The Labute approximate surface area is 185 Å². The molecule has 0 saturated carbocycles. The van der Waals surface area contributed by atoms with E-state index in [1.54, 1.807) is 4.90 Å². The summed E-state index contributed by atoms with van der Waals surface area (Å²) < 4.78 is 74.2. The fourth-order valence-corrected chi connectivity index (χ4v) is 2.38. The molecule has 33 heavy (non-hydrogen) atoms. The van der Waals surface area contributed by atoms with Crippen LogP contribution in [0.15, 0.2) is 24.3 Å². The number of hydrogen-bond acceptors (Lipinski definition) is 6. The molecule has 1 fully saturated rings. The maximum absolute atomic E-state index is 10.5. The zero-order chi connectivity index (χ0) is 25.5. The molecule has 14 heteroatoms. The highest BCUT2D eigenvalue weighted by Gasteiger charge is 2.29. The average molecular weight is 492 g/mol. The summed E-state index contributed by atoms with van der Waals surface area (Å²) in [5.74, 6) is -5.04. The van der Waals surface area contributed by atoms with E-state index in [0.29, 0.717) is 0 Å². The van der Waals surface area contributed by atoms with Gasteiger partial charge in [0.25, 0.3) is 0 Å². The molecule has 4 N–H and O–H groups in total. The molecule has 0 radical (unpaired) electrons. The first-order chi connectivity index (χ1) is 15.3. The number of rotatable bonds is 7. The minimum Gasteiger partial charge on any atom is -0.542 e. The maximum Gasteiger partial charge on any atom is 0.430 e. The summed E-state index contributed by atoms with van der Waals surface area (Å²) >= 11 is 0. The summed E-state index contributed by atoms with van der Waals surface area (Å²) in [6.07, 6.45) is -8.24. The van der Waals surface area contributed by atoms with Crippen LogP contribution in [0.1, 0.15) is 12.0 Å². The lowest BCUT2D eigenvalue weighted by atomic mass is 10.1. The van der Waals surface area contributed by atoms with Crippen molar-refractivity contribution < 1.29 is 66.3 Å². The van der Waals surface area contributed by atoms with Crippen LogP contribution in [0.4, 0.5) is 26.3 Å². The number of alkyl halides is 6. The topological polar surface area (TPSA) is 131 Å². The molecule has 0 atom stereocenters. The van der Waals surface area contributed by atoms with Crippen LogP contribution in [0, 0.1) is 0 Å². The Morgan fingerprint density at radius 1 is 0.970 bits per heavy atom. The number of morpholine rings is 1. The number of nitrogens with one attached hydrogen (secondary N) is 1. The second kappa shape index (κ2) is 15.3. The second-order valence-electron chi connectivity index (χ2n) is 6.63. The number of quaternary nitrogens is 2. The molecule has 1 aliphatic heterocycles. The summed E-state index contributed by atoms with van der Waals surface area (Å²) in [5, 5.41) is 17.6. The van der Waals surface area contributed by atoms with Gasteiger partial charge in [-0.15, -0.1) is 0 Å². The van der Waals surface area contributed by atoms with Crippen molar-refractivity contribution in [1.29, 1.82) is 0 Å². The van der Waals surface area contributed by atoms with E-state index in [4.69, 9.17) is 29.3 Å². The van der Waals surface area contributed by atoms with Crippen LogP contribution < -0.4 is 25.6 Å². The number of ether oxygens (including phenoxy) is 2. The standard InChI is InChI=1S/C15H24N2O2.2C2HF3O2/c16-7-6-14-2-4-15(5-3-14)19-11-1-8-17-9-12-18-13-10-17;2*3-2(4,5)1(6)7/h2-5H,1,6-13,16H2;2*(H,6,7). The molecule has 0 bridgehead atoms. The molecule has 0 amide bonds. The quantitative estimate of drug-likeness (QED) is 0.327. The van der Waals surface area contributed by atoms with Crippen LogP contribution in [0.2, 0.25) is 0 Å². The summed E-state index contributed by atoms with van der Waals surface area (Å²) in [6, 6.07) is 8.39. The van der Waals surface area contributed by atoms with Gasteiger partial charge < -0.3 is 39.9 Å². The minimum absolute atomic E-state index is 0.805. The van der Waals surface area contributed by atoms with Crippen molar-refractivity contribution in [3.8, 4) is 5.75 Å². The van der Waals surface area contributed by atoms with Crippen LogP contribution in [-0.4, -0.2) is 70.3 Å². The number of aliphatic carboxylic acids is 2. The van der Waals surface area contributed by atoms with E-state index in [1.165, 1.54) is 12.1 Å². The van der Waals surface area contributed by atoms with Crippen molar-refractivity contribution in [3.63, 3.8) is 0 Å². The molecule has 8 nitrogen and oxygen atoms in total. The van der Waals surface area contributed by atoms with E-state index in [-0.39, 0.29) is 0 Å². The fraction of sp³-hybridized carbons (Fsp3) is 0.579. The summed E-state index contributed by atoms with van der Waals surface area (Å²) in [4.78, 5) is 19.2. The van der Waals surface area contributed by atoms with E-state index in [9.17, 15) is 26.3 Å². The lowest BCUT2D eigenvalue weighted by molar-refractivity contribution is -0.908. The van der Waals surface area contributed by atoms with Gasteiger partial charge in [0.15, 0.2) is 0 Å². The lowest BCUT2D eigenvalue weighted by Gasteiger charge is -2.23. The number of carbonyl (C=O) groups excluding carboxylic acids is 2. The highest BCUT2D eigenvalue weighted by Crippen LogP contribution is 2.13. The number of carbonyl (C=O) groups is 2. The van der Waals surface area contributed by atoms with E-state index in [1.807, 2.05) is 0 Å².